The number of hydrogen-bond donors (Lipinski definition) is 0. The van der Waals surface area contributed by atoms with Crippen LogP contribution < -0.4 is 0 Å². The van der Waals surface area contributed by atoms with Gasteiger partial charge in [-0.15, -0.1) is 0 Å². The van der Waals surface area contributed by atoms with Crippen molar-refractivity contribution in [2.24, 2.45) is 22.7 Å². The summed E-state index contributed by atoms with van der Waals surface area (Å²) in [4.78, 5) is 24.1. The number of fused-ring (bicyclic) bond motifs is 2. The molecule has 2 rings (SSSR count). The van der Waals surface area contributed by atoms with E-state index in [-0.39, 0.29) is 23.4 Å². The highest BCUT2D eigenvalue weighted by Crippen LogP contribution is 2.43. The Labute approximate surface area is 139 Å². The van der Waals surface area contributed by atoms with Gasteiger partial charge < -0.3 is 0 Å². The molecule has 0 N–H and O–H groups in total. The Morgan fingerprint density at radius 2 is 1.17 bits per heavy atom. The Hall–Kier alpha value is -2.06. The molecule has 2 nitrogen and oxygen atoms in total. The fraction of sp³-hybridized carbons (Fsp3) is 0.524. The molecule has 0 fully saturated rings. The van der Waals surface area contributed by atoms with Crippen molar-refractivity contribution in [3.8, 4) is 23.7 Å². The lowest BCUT2D eigenvalue weighted by Gasteiger charge is -2.12. The number of rotatable bonds is 0. The summed E-state index contributed by atoms with van der Waals surface area (Å²) in [6.07, 6.45) is 5.22. The number of carbonyl (C=O) groups excluding carboxylic acids is 2. The first kappa shape index (κ1) is 17.3. The van der Waals surface area contributed by atoms with E-state index in [1.165, 1.54) is 0 Å². The minimum atomic E-state index is -0.463. The van der Waals surface area contributed by atoms with Crippen molar-refractivity contribution in [2.45, 2.75) is 48.0 Å². The van der Waals surface area contributed by atoms with E-state index in [4.69, 9.17) is 0 Å². The Bertz CT molecular complexity index is 663. The molecule has 0 aromatic carbocycles. The van der Waals surface area contributed by atoms with Crippen molar-refractivity contribution in [1.29, 1.82) is 0 Å². The summed E-state index contributed by atoms with van der Waals surface area (Å²) >= 11 is 0. The van der Waals surface area contributed by atoms with Crippen LogP contribution in [0.1, 0.15) is 48.0 Å². The zero-order valence-electron chi connectivity index (χ0n) is 14.8. The standard InChI is InChI=1S/C21H24O2/c1-20(2,3)18(22)11-9-16-14-7-8-15(13-14)17(16)10-12-19(23)21(4,5)6/h7-8,14-15H,13H2,1-6H3/t14-,15+. The van der Waals surface area contributed by atoms with Gasteiger partial charge in [-0.25, -0.2) is 0 Å². The lowest BCUT2D eigenvalue weighted by Crippen LogP contribution is -2.18. The molecule has 2 aliphatic rings. The highest BCUT2D eigenvalue weighted by molar-refractivity contribution is 6.00. The largest absolute Gasteiger partial charge is 0.284 e. The monoisotopic (exact) mass is 308 g/mol. The molecule has 2 aliphatic carbocycles. The molecule has 0 heterocycles. The highest BCUT2D eigenvalue weighted by atomic mass is 16.1. The summed E-state index contributed by atoms with van der Waals surface area (Å²) < 4.78 is 0. The maximum Gasteiger partial charge on any atom is 0.211 e. The molecule has 2 heteroatoms. The first-order valence-corrected chi connectivity index (χ1v) is 8.05. The topological polar surface area (TPSA) is 34.1 Å². The minimum Gasteiger partial charge on any atom is -0.284 e. The molecular formula is C21H24O2. The summed E-state index contributed by atoms with van der Waals surface area (Å²) in [5.41, 5.74) is 0.915. The van der Waals surface area contributed by atoms with E-state index in [1.807, 2.05) is 41.5 Å². The average molecular weight is 308 g/mol. The van der Waals surface area contributed by atoms with Crippen molar-refractivity contribution in [1.82, 2.24) is 0 Å². The van der Waals surface area contributed by atoms with E-state index >= 15 is 0 Å². The first-order chi connectivity index (χ1) is 10.5. The SMILES string of the molecule is CC(C)(C)C(=O)C#CC1=C(C#CC(=O)C(C)(C)C)[C@H]2C=C[C@@H]1C2. The van der Waals surface area contributed by atoms with Gasteiger partial charge in [0.2, 0.25) is 11.6 Å². The molecule has 120 valence electrons. The van der Waals surface area contributed by atoms with Gasteiger partial charge in [0.1, 0.15) is 0 Å². The highest BCUT2D eigenvalue weighted by Gasteiger charge is 2.34. The van der Waals surface area contributed by atoms with Crippen LogP contribution >= 0.6 is 0 Å². The molecule has 0 saturated heterocycles. The van der Waals surface area contributed by atoms with E-state index < -0.39 is 10.8 Å². The molecule has 0 amide bonds. The summed E-state index contributed by atoms with van der Waals surface area (Å²) in [5, 5.41) is 0. The molecule has 0 radical (unpaired) electrons. The van der Waals surface area contributed by atoms with Gasteiger partial charge in [0.25, 0.3) is 0 Å². The fourth-order valence-electron chi connectivity index (χ4n) is 2.47. The van der Waals surface area contributed by atoms with Gasteiger partial charge in [-0.2, -0.15) is 0 Å². The molecule has 23 heavy (non-hydrogen) atoms. The molecule has 2 bridgehead atoms. The van der Waals surface area contributed by atoms with Crippen LogP contribution in [0.3, 0.4) is 0 Å². The molecule has 0 unspecified atom stereocenters. The maximum absolute atomic E-state index is 12.0. The van der Waals surface area contributed by atoms with Crippen molar-refractivity contribution < 1.29 is 9.59 Å². The number of ketones is 2. The Kier molecular flexibility index (Phi) is 4.41. The van der Waals surface area contributed by atoms with E-state index in [0.29, 0.717) is 0 Å². The molecule has 2 atom stereocenters. The van der Waals surface area contributed by atoms with Crippen molar-refractivity contribution in [3.05, 3.63) is 23.3 Å². The third kappa shape index (κ3) is 3.83. The molecular weight excluding hydrogens is 284 g/mol. The Balaban J connectivity index is 2.33. The molecule has 0 aromatic heterocycles. The summed E-state index contributed by atoms with van der Waals surface area (Å²) in [6.45, 7) is 11.2. The molecule has 0 aromatic rings. The van der Waals surface area contributed by atoms with Gasteiger partial charge in [0.05, 0.1) is 0 Å². The van der Waals surface area contributed by atoms with E-state index in [9.17, 15) is 9.59 Å². The number of Topliss-reactive ketones (excluding diaryl/α,β-unsaturated/α-hetero) is 2. The third-order valence-corrected chi connectivity index (χ3v) is 4.10. The van der Waals surface area contributed by atoms with Crippen LogP contribution in [-0.2, 0) is 9.59 Å². The summed E-state index contributed by atoms with van der Waals surface area (Å²) in [6, 6.07) is 0. The zero-order valence-corrected chi connectivity index (χ0v) is 14.8. The second-order valence-electron chi connectivity index (χ2n) is 8.32. The lowest BCUT2D eigenvalue weighted by molar-refractivity contribution is -0.121. The number of allylic oxidation sites excluding steroid dienone is 4. The van der Waals surface area contributed by atoms with Gasteiger partial charge in [-0.3, -0.25) is 9.59 Å². The van der Waals surface area contributed by atoms with Crippen LogP contribution in [0.4, 0.5) is 0 Å². The first-order valence-electron chi connectivity index (χ1n) is 8.05. The molecule has 0 aliphatic heterocycles. The van der Waals surface area contributed by atoms with Gasteiger partial charge in [0, 0.05) is 33.8 Å². The fourth-order valence-corrected chi connectivity index (χ4v) is 2.47. The quantitative estimate of drug-likeness (QED) is 0.388. The number of carbonyl (C=O) groups is 2. The van der Waals surface area contributed by atoms with Crippen LogP contribution in [0.15, 0.2) is 23.3 Å². The van der Waals surface area contributed by atoms with Crippen LogP contribution in [0.2, 0.25) is 0 Å². The molecule has 0 saturated carbocycles. The lowest BCUT2D eigenvalue weighted by atomic mass is 9.89. The zero-order chi connectivity index (χ0) is 17.4. The summed E-state index contributed by atoms with van der Waals surface area (Å²) in [5.74, 6) is 12.0. The van der Waals surface area contributed by atoms with Crippen molar-refractivity contribution in [3.63, 3.8) is 0 Å². The smallest absolute Gasteiger partial charge is 0.211 e. The van der Waals surface area contributed by atoms with Crippen LogP contribution in [0, 0.1) is 46.3 Å². The normalized spacial score (nSPS) is 22.3. The Morgan fingerprint density at radius 3 is 1.48 bits per heavy atom. The van der Waals surface area contributed by atoms with Gasteiger partial charge in [0.15, 0.2) is 0 Å². The summed E-state index contributed by atoms with van der Waals surface area (Å²) in [7, 11) is 0. The molecule has 0 spiro atoms. The van der Waals surface area contributed by atoms with Crippen molar-refractivity contribution in [2.75, 3.05) is 0 Å². The van der Waals surface area contributed by atoms with E-state index in [1.54, 1.807) is 0 Å². The van der Waals surface area contributed by atoms with Crippen molar-refractivity contribution >= 4 is 11.6 Å². The van der Waals surface area contributed by atoms with Crippen LogP contribution in [0.5, 0.6) is 0 Å². The van der Waals surface area contributed by atoms with Gasteiger partial charge >= 0.3 is 0 Å². The number of hydrogen-bond acceptors (Lipinski definition) is 2. The second-order valence-corrected chi connectivity index (χ2v) is 8.32. The minimum absolute atomic E-state index is 0.0742. The maximum atomic E-state index is 12.0. The van der Waals surface area contributed by atoms with E-state index in [0.717, 1.165) is 17.6 Å². The average Bonchev–Trinajstić information content (AvgIpc) is 3.00. The Morgan fingerprint density at radius 1 is 0.826 bits per heavy atom. The second kappa shape index (κ2) is 5.86. The predicted octanol–water partition coefficient (Wildman–Crippen LogP) is 3.73. The van der Waals surface area contributed by atoms with Crippen LogP contribution in [0.25, 0.3) is 0 Å². The van der Waals surface area contributed by atoms with Gasteiger partial charge in [-0.1, -0.05) is 65.5 Å². The van der Waals surface area contributed by atoms with Crippen LogP contribution in [-0.4, -0.2) is 11.6 Å². The predicted molar refractivity (Wildman–Crippen MR) is 92.2 cm³/mol. The third-order valence-electron chi connectivity index (χ3n) is 4.10. The van der Waals surface area contributed by atoms with Gasteiger partial charge in [-0.05, 0) is 18.3 Å². The van der Waals surface area contributed by atoms with E-state index in [2.05, 4.69) is 35.8 Å².